The number of benzene rings is 1. The van der Waals surface area contributed by atoms with Crippen LogP contribution in [0, 0.1) is 5.92 Å². The van der Waals surface area contributed by atoms with Gasteiger partial charge in [-0.1, -0.05) is 23.7 Å². The van der Waals surface area contributed by atoms with Gasteiger partial charge in [0.05, 0.1) is 17.7 Å². The third kappa shape index (κ3) is 5.40. The molecule has 1 amide bonds. The van der Waals surface area contributed by atoms with Gasteiger partial charge in [0.1, 0.15) is 11.4 Å². The van der Waals surface area contributed by atoms with E-state index in [2.05, 4.69) is 15.2 Å². The van der Waals surface area contributed by atoms with E-state index in [-0.39, 0.29) is 22.4 Å². The number of aromatic nitrogens is 1. The van der Waals surface area contributed by atoms with Gasteiger partial charge in [-0.3, -0.25) is 14.5 Å². The Morgan fingerprint density at radius 1 is 1.30 bits per heavy atom. The first-order valence-electron chi connectivity index (χ1n) is 9.73. The monoisotopic (exact) mass is 432 g/mol. The largest absolute Gasteiger partial charge is 0.465 e. The van der Waals surface area contributed by atoms with Crippen molar-refractivity contribution in [2.45, 2.75) is 19.4 Å². The van der Waals surface area contributed by atoms with Crippen molar-refractivity contribution in [3.8, 4) is 0 Å². The van der Waals surface area contributed by atoms with Gasteiger partial charge < -0.3 is 20.8 Å². The molecule has 0 spiro atoms. The average molecular weight is 433 g/mol. The number of esters is 1. The number of hydrogen-bond donors (Lipinski definition) is 3. The number of nitrogen functional groups attached to an aromatic ring is 1. The molecule has 0 unspecified atom stereocenters. The molecule has 0 bridgehead atoms. The molecule has 0 saturated carbocycles. The van der Waals surface area contributed by atoms with Gasteiger partial charge in [0, 0.05) is 13.1 Å². The summed E-state index contributed by atoms with van der Waals surface area (Å²) in [4.78, 5) is 40.6. The van der Waals surface area contributed by atoms with Crippen LogP contribution in [-0.4, -0.2) is 48.5 Å². The highest BCUT2D eigenvalue weighted by Crippen LogP contribution is 2.19. The smallest absolute Gasteiger partial charge is 0.337 e. The van der Waals surface area contributed by atoms with Crippen LogP contribution >= 0.6 is 11.6 Å². The van der Waals surface area contributed by atoms with Crippen molar-refractivity contribution in [3.05, 3.63) is 62.4 Å². The zero-order valence-corrected chi connectivity index (χ0v) is 17.5. The van der Waals surface area contributed by atoms with Crippen LogP contribution in [0.25, 0.3) is 0 Å². The Morgan fingerprint density at radius 2 is 2.03 bits per heavy atom. The molecule has 1 aliphatic heterocycles. The fourth-order valence-corrected chi connectivity index (χ4v) is 3.70. The SMILES string of the molecule is COC(=O)c1cccc(CN2CCC(CNC(=O)c3cc(Cl)c(N)[nH]c3=O)CC2)c1. The van der Waals surface area contributed by atoms with Crippen LogP contribution in [0.2, 0.25) is 5.02 Å². The first kappa shape index (κ1) is 21.9. The minimum Gasteiger partial charge on any atom is -0.465 e. The maximum atomic E-state index is 12.3. The number of amides is 1. The second kappa shape index (κ2) is 9.77. The van der Waals surface area contributed by atoms with Crippen LogP contribution in [0.4, 0.5) is 5.82 Å². The number of halogens is 1. The van der Waals surface area contributed by atoms with Crippen molar-refractivity contribution in [2.75, 3.05) is 32.5 Å². The molecule has 8 nitrogen and oxygen atoms in total. The van der Waals surface area contributed by atoms with Crippen molar-refractivity contribution < 1.29 is 14.3 Å². The third-order valence-electron chi connectivity index (χ3n) is 5.28. The molecule has 9 heteroatoms. The lowest BCUT2D eigenvalue weighted by Gasteiger charge is -2.32. The Morgan fingerprint density at radius 3 is 2.73 bits per heavy atom. The van der Waals surface area contributed by atoms with Gasteiger partial charge in [-0.15, -0.1) is 0 Å². The van der Waals surface area contributed by atoms with Gasteiger partial charge in [-0.2, -0.15) is 0 Å². The second-order valence-electron chi connectivity index (χ2n) is 7.40. The second-order valence-corrected chi connectivity index (χ2v) is 7.80. The van der Waals surface area contributed by atoms with E-state index in [1.165, 1.54) is 13.2 Å². The number of hydrogen-bond acceptors (Lipinski definition) is 6. The zero-order chi connectivity index (χ0) is 21.7. The van der Waals surface area contributed by atoms with Gasteiger partial charge in [0.15, 0.2) is 0 Å². The quantitative estimate of drug-likeness (QED) is 0.601. The van der Waals surface area contributed by atoms with Gasteiger partial charge in [0.2, 0.25) is 0 Å². The molecular formula is C21H25ClN4O4. The first-order chi connectivity index (χ1) is 14.4. The van der Waals surface area contributed by atoms with Gasteiger partial charge in [-0.25, -0.2) is 4.79 Å². The minimum absolute atomic E-state index is 0.0442. The highest BCUT2D eigenvalue weighted by Gasteiger charge is 2.21. The van der Waals surface area contributed by atoms with Crippen molar-refractivity contribution >= 4 is 29.3 Å². The predicted octanol–water partition coefficient (Wildman–Crippen LogP) is 2.04. The Kier molecular flexibility index (Phi) is 7.12. The van der Waals surface area contributed by atoms with Crippen LogP contribution in [0.3, 0.4) is 0 Å². The van der Waals surface area contributed by atoms with Crippen molar-refractivity contribution in [1.29, 1.82) is 0 Å². The van der Waals surface area contributed by atoms with E-state index in [1.807, 2.05) is 18.2 Å². The average Bonchev–Trinajstić information content (AvgIpc) is 2.75. The molecule has 0 radical (unpaired) electrons. The topological polar surface area (TPSA) is 118 Å². The minimum atomic E-state index is -0.557. The molecule has 1 aromatic heterocycles. The number of nitrogens with two attached hydrogens (primary N) is 1. The lowest BCUT2D eigenvalue weighted by Crippen LogP contribution is -2.39. The Balaban J connectivity index is 1.48. The van der Waals surface area contributed by atoms with Crippen LogP contribution in [-0.2, 0) is 11.3 Å². The van der Waals surface area contributed by atoms with E-state index in [1.54, 1.807) is 6.07 Å². The van der Waals surface area contributed by atoms with E-state index in [0.29, 0.717) is 18.0 Å². The molecule has 1 aliphatic rings. The zero-order valence-electron chi connectivity index (χ0n) is 16.7. The van der Waals surface area contributed by atoms with E-state index < -0.39 is 11.5 Å². The number of pyridine rings is 1. The summed E-state index contributed by atoms with van der Waals surface area (Å²) < 4.78 is 4.77. The number of rotatable bonds is 6. The number of carbonyl (C=O) groups excluding carboxylic acids is 2. The molecule has 1 saturated heterocycles. The van der Waals surface area contributed by atoms with Crippen LogP contribution in [0.5, 0.6) is 0 Å². The molecule has 160 valence electrons. The maximum Gasteiger partial charge on any atom is 0.337 e. The summed E-state index contributed by atoms with van der Waals surface area (Å²) in [5.41, 5.74) is 6.54. The van der Waals surface area contributed by atoms with E-state index in [4.69, 9.17) is 22.1 Å². The van der Waals surface area contributed by atoms with Gasteiger partial charge in [-0.05, 0) is 55.6 Å². The summed E-state index contributed by atoms with van der Waals surface area (Å²) in [5, 5.41) is 2.96. The van der Waals surface area contributed by atoms with Crippen molar-refractivity contribution in [1.82, 2.24) is 15.2 Å². The first-order valence-corrected chi connectivity index (χ1v) is 10.1. The maximum absolute atomic E-state index is 12.3. The number of carbonyl (C=O) groups is 2. The summed E-state index contributed by atoms with van der Waals surface area (Å²) >= 11 is 5.89. The fraction of sp³-hybridized carbons (Fsp3) is 0.381. The van der Waals surface area contributed by atoms with E-state index >= 15 is 0 Å². The van der Waals surface area contributed by atoms with Crippen molar-refractivity contribution in [3.63, 3.8) is 0 Å². The van der Waals surface area contributed by atoms with Gasteiger partial charge >= 0.3 is 5.97 Å². The standard InChI is InChI=1S/C21H25ClN4O4/c1-30-21(29)15-4-2-3-14(9-15)12-26-7-5-13(6-8-26)11-24-19(27)16-10-17(22)18(23)25-20(16)28/h2-4,9-10,13H,5-8,11-12H2,1H3,(H,24,27)(H3,23,25,28). The Labute approximate surface area is 179 Å². The number of likely N-dealkylation sites (tertiary alicyclic amines) is 1. The van der Waals surface area contributed by atoms with Crippen LogP contribution in [0.1, 0.15) is 39.1 Å². The fourth-order valence-electron chi connectivity index (χ4n) is 3.54. The molecule has 2 aromatic rings. The molecule has 1 fully saturated rings. The summed E-state index contributed by atoms with van der Waals surface area (Å²) in [6, 6.07) is 8.73. The Bertz CT molecular complexity index is 983. The normalized spacial score (nSPS) is 15.0. The van der Waals surface area contributed by atoms with Crippen LogP contribution < -0.4 is 16.6 Å². The number of piperidine rings is 1. The molecule has 4 N–H and O–H groups in total. The molecule has 3 rings (SSSR count). The number of nitrogens with one attached hydrogen (secondary N) is 2. The summed E-state index contributed by atoms with van der Waals surface area (Å²) in [7, 11) is 1.37. The molecule has 1 aromatic carbocycles. The lowest BCUT2D eigenvalue weighted by molar-refractivity contribution is 0.0600. The molecule has 2 heterocycles. The van der Waals surface area contributed by atoms with Crippen molar-refractivity contribution in [2.24, 2.45) is 5.92 Å². The number of H-pyrrole nitrogens is 1. The molecular weight excluding hydrogens is 408 g/mol. The van der Waals surface area contributed by atoms with E-state index in [0.717, 1.165) is 38.0 Å². The number of methoxy groups -OCH3 is 1. The summed E-state index contributed by atoms with van der Waals surface area (Å²) in [6.45, 7) is 3.02. The number of aromatic amines is 1. The lowest BCUT2D eigenvalue weighted by atomic mass is 9.96. The van der Waals surface area contributed by atoms with Crippen LogP contribution in [0.15, 0.2) is 35.1 Å². The Hall–Kier alpha value is -2.84. The highest BCUT2D eigenvalue weighted by atomic mass is 35.5. The molecule has 0 aliphatic carbocycles. The highest BCUT2D eigenvalue weighted by molar-refractivity contribution is 6.33. The number of ether oxygens (including phenoxy) is 1. The third-order valence-corrected chi connectivity index (χ3v) is 5.59. The summed E-state index contributed by atoms with van der Waals surface area (Å²) in [6.07, 6.45) is 1.85. The predicted molar refractivity (Wildman–Crippen MR) is 115 cm³/mol. The van der Waals surface area contributed by atoms with Gasteiger partial charge in [0.25, 0.3) is 11.5 Å². The number of nitrogens with zero attached hydrogens (tertiary/aromatic N) is 1. The summed E-state index contributed by atoms with van der Waals surface area (Å²) in [5.74, 6) is -0.426. The van der Waals surface area contributed by atoms with E-state index in [9.17, 15) is 14.4 Å². The number of anilines is 1. The molecule has 30 heavy (non-hydrogen) atoms. The molecule has 0 atom stereocenters.